The van der Waals surface area contributed by atoms with Gasteiger partial charge in [-0.25, -0.2) is 4.79 Å². The summed E-state index contributed by atoms with van der Waals surface area (Å²) < 4.78 is 4.87. The van der Waals surface area contributed by atoms with Gasteiger partial charge >= 0.3 is 5.97 Å². The van der Waals surface area contributed by atoms with Crippen LogP contribution in [0.5, 0.6) is 0 Å². The monoisotopic (exact) mass is 275 g/mol. The Bertz CT molecular complexity index is 391. The van der Waals surface area contributed by atoms with Crippen molar-refractivity contribution in [3.8, 4) is 0 Å². The maximum Gasteiger partial charge on any atom is 0.335 e. The summed E-state index contributed by atoms with van der Waals surface area (Å²) in [5.74, 6) is -2.10. The zero-order valence-electron chi connectivity index (χ0n) is 10.5. The van der Waals surface area contributed by atoms with Crippen molar-refractivity contribution in [3.63, 3.8) is 0 Å². The van der Waals surface area contributed by atoms with Crippen molar-refractivity contribution in [3.05, 3.63) is 11.6 Å². The number of carbonyl (C=O) groups excluding carboxylic acids is 1. The summed E-state index contributed by atoms with van der Waals surface area (Å²) in [6.07, 6.45) is -7.04. The molecule has 8 nitrogen and oxygen atoms in total. The third-order valence-corrected chi connectivity index (χ3v) is 2.56. The minimum absolute atomic E-state index is 0.600. The van der Waals surface area contributed by atoms with Crippen molar-refractivity contribution in [2.45, 2.75) is 44.5 Å². The first-order valence-corrected chi connectivity index (χ1v) is 5.62. The Balaban J connectivity index is 2.80. The quantitative estimate of drug-likeness (QED) is 0.374. The van der Waals surface area contributed by atoms with Gasteiger partial charge in [0.05, 0.1) is 0 Å². The second kappa shape index (κ2) is 6.11. The van der Waals surface area contributed by atoms with Gasteiger partial charge in [0.25, 0.3) is 0 Å². The molecule has 1 saturated heterocycles. The highest BCUT2D eigenvalue weighted by Crippen LogP contribution is 2.20. The molecule has 1 aliphatic heterocycles. The topological polar surface area (TPSA) is 136 Å². The molecule has 108 valence electrons. The van der Waals surface area contributed by atoms with Crippen molar-refractivity contribution >= 4 is 11.9 Å². The second-order valence-corrected chi connectivity index (χ2v) is 4.52. The highest BCUT2D eigenvalue weighted by Gasteiger charge is 2.47. The van der Waals surface area contributed by atoms with Crippen LogP contribution in [0.1, 0.15) is 13.8 Å². The van der Waals surface area contributed by atoms with Crippen molar-refractivity contribution in [2.75, 3.05) is 0 Å². The number of nitrogens with one attached hydrogen (secondary N) is 1. The lowest BCUT2D eigenvalue weighted by Crippen LogP contribution is -2.64. The third-order valence-electron chi connectivity index (χ3n) is 2.56. The van der Waals surface area contributed by atoms with Crippen LogP contribution in [0.15, 0.2) is 11.6 Å². The van der Waals surface area contributed by atoms with Gasteiger partial charge in [0, 0.05) is 6.08 Å². The number of ether oxygens (including phenoxy) is 1. The molecule has 1 rings (SSSR count). The molecule has 8 heteroatoms. The zero-order chi connectivity index (χ0) is 14.7. The van der Waals surface area contributed by atoms with Crippen molar-refractivity contribution in [2.24, 2.45) is 0 Å². The van der Waals surface area contributed by atoms with Crippen molar-refractivity contribution in [1.29, 1.82) is 0 Å². The number of hydrogen-bond donors (Lipinski definition) is 5. The number of carbonyl (C=O) groups is 2. The number of aliphatic hydroxyl groups excluding tert-OH is 3. The Morgan fingerprint density at radius 3 is 2.16 bits per heavy atom. The van der Waals surface area contributed by atoms with Gasteiger partial charge in [-0.1, -0.05) is 5.57 Å². The molecule has 1 aliphatic rings. The molecule has 1 fully saturated rings. The van der Waals surface area contributed by atoms with E-state index in [4.69, 9.17) is 9.84 Å². The first-order valence-electron chi connectivity index (χ1n) is 5.62. The lowest BCUT2D eigenvalue weighted by atomic mass is 9.98. The van der Waals surface area contributed by atoms with E-state index in [2.05, 4.69) is 5.32 Å². The molecule has 1 heterocycles. The summed E-state index contributed by atoms with van der Waals surface area (Å²) in [4.78, 5) is 22.3. The number of carboxylic acid groups (broad SMARTS) is 1. The molecule has 0 radical (unpaired) electrons. The maximum absolute atomic E-state index is 11.5. The standard InChI is InChI=1S/C11H17NO7/c1-4(2)3-5(13)12-10-8(16)6(14)7(15)9(19-10)11(17)18/h3,6-10,14-16H,1-2H3,(H,12,13)(H,17,18)/t6?,7?,8?,9?,10-/m1/s1. The Labute approximate surface area is 109 Å². The van der Waals surface area contributed by atoms with E-state index < -0.39 is 42.5 Å². The van der Waals surface area contributed by atoms with Crippen LogP contribution in [0.4, 0.5) is 0 Å². The van der Waals surface area contributed by atoms with Gasteiger partial charge in [-0.05, 0) is 13.8 Å². The molecule has 0 aliphatic carbocycles. The van der Waals surface area contributed by atoms with Crippen molar-refractivity contribution < 1.29 is 34.8 Å². The Morgan fingerprint density at radius 1 is 1.11 bits per heavy atom. The van der Waals surface area contributed by atoms with Gasteiger partial charge in [-0.2, -0.15) is 0 Å². The van der Waals surface area contributed by atoms with Crippen LogP contribution in [0.3, 0.4) is 0 Å². The molecule has 0 saturated carbocycles. The molecule has 0 spiro atoms. The summed E-state index contributed by atoms with van der Waals surface area (Å²) in [5.41, 5.74) is 0.693. The summed E-state index contributed by atoms with van der Waals surface area (Å²) in [7, 11) is 0. The first kappa shape index (κ1) is 15.6. The van der Waals surface area contributed by atoms with Gasteiger partial charge in [0.1, 0.15) is 18.3 Å². The van der Waals surface area contributed by atoms with Crippen LogP contribution >= 0.6 is 0 Å². The lowest BCUT2D eigenvalue weighted by molar-refractivity contribution is -0.233. The normalized spacial score (nSPS) is 34.5. The van der Waals surface area contributed by atoms with Gasteiger partial charge < -0.3 is 30.5 Å². The number of allylic oxidation sites excluding steroid dienone is 1. The lowest BCUT2D eigenvalue weighted by Gasteiger charge is -2.38. The summed E-state index contributed by atoms with van der Waals surface area (Å²) in [6, 6.07) is 0. The molecule has 5 N–H and O–H groups in total. The zero-order valence-corrected chi connectivity index (χ0v) is 10.5. The molecular formula is C11H17NO7. The SMILES string of the molecule is CC(C)=CC(=O)N[C@@H]1OC(C(=O)O)C(O)C(O)C1O. The fourth-order valence-electron chi connectivity index (χ4n) is 1.65. The van der Waals surface area contributed by atoms with E-state index in [1.807, 2.05) is 0 Å². The molecule has 0 aromatic rings. The fourth-order valence-corrected chi connectivity index (χ4v) is 1.65. The smallest absolute Gasteiger partial charge is 0.335 e. The average Bonchev–Trinajstić information content (AvgIpc) is 2.28. The van der Waals surface area contributed by atoms with Gasteiger partial charge in [-0.15, -0.1) is 0 Å². The third kappa shape index (κ3) is 3.74. The van der Waals surface area contributed by atoms with E-state index in [1.165, 1.54) is 6.08 Å². The second-order valence-electron chi connectivity index (χ2n) is 4.52. The molecule has 4 unspecified atom stereocenters. The number of carboxylic acids is 1. The largest absolute Gasteiger partial charge is 0.479 e. The molecule has 0 aromatic carbocycles. The van der Waals surface area contributed by atoms with E-state index in [0.29, 0.717) is 5.57 Å². The minimum Gasteiger partial charge on any atom is -0.479 e. The van der Waals surface area contributed by atoms with Crippen LogP contribution in [0.2, 0.25) is 0 Å². The van der Waals surface area contributed by atoms with E-state index in [0.717, 1.165) is 0 Å². The number of hydrogen-bond acceptors (Lipinski definition) is 6. The van der Waals surface area contributed by atoms with E-state index >= 15 is 0 Å². The molecular weight excluding hydrogens is 258 g/mol. The summed E-state index contributed by atoms with van der Waals surface area (Å²) in [6.45, 7) is 3.35. The molecule has 5 atom stereocenters. The highest BCUT2D eigenvalue weighted by atomic mass is 16.6. The number of amides is 1. The predicted molar refractivity (Wildman–Crippen MR) is 61.9 cm³/mol. The summed E-state index contributed by atoms with van der Waals surface area (Å²) >= 11 is 0. The van der Waals surface area contributed by atoms with Gasteiger partial charge in [0.2, 0.25) is 5.91 Å². The fraction of sp³-hybridized carbons (Fsp3) is 0.636. The number of aliphatic hydroxyl groups is 3. The Hall–Kier alpha value is -1.48. The van der Waals surface area contributed by atoms with Crippen LogP contribution in [0, 0.1) is 0 Å². The van der Waals surface area contributed by atoms with Crippen LogP contribution in [-0.2, 0) is 14.3 Å². The number of rotatable bonds is 3. The average molecular weight is 275 g/mol. The van der Waals surface area contributed by atoms with E-state index in [9.17, 15) is 24.9 Å². The highest BCUT2D eigenvalue weighted by molar-refractivity contribution is 5.88. The molecule has 1 amide bonds. The van der Waals surface area contributed by atoms with E-state index in [1.54, 1.807) is 13.8 Å². The van der Waals surface area contributed by atoms with E-state index in [-0.39, 0.29) is 0 Å². The first-order chi connectivity index (χ1) is 8.73. The number of aliphatic carboxylic acids is 1. The Morgan fingerprint density at radius 2 is 1.68 bits per heavy atom. The van der Waals surface area contributed by atoms with Crippen LogP contribution in [0.25, 0.3) is 0 Å². The minimum atomic E-state index is -1.77. The van der Waals surface area contributed by atoms with Gasteiger partial charge in [0.15, 0.2) is 12.3 Å². The summed E-state index contributed by atoms with van der Waals surface area (Å²) in [5, 5.41) is 39.6. The van der Waals surface area contributed by atoms with Gasteiger partial charge in [-0.3, -0.25) is 4.79 Å². The van der Waals surface area contributed by atoms with Crippen molar-refractivity contribution in [1.82, 2.24) is 5.32 Å². The Kier molecular flexibility index (Phi) is 5.01. The predicted octanol–water partition coefficient (Wildman–Crippen LogP) is -2.04. The molecule has 0 bridgehead atoms. The van der Waals surface area contributed by atoms with Crippen LogP contribution in [-0.4, -0.2) is 62.9 Å². The van der Waals surface area contributed by atoms with Crippen LogP contribution < -0.4 is 5.32 Å². The maximum atomic E-state index is 11.5. The molecule has 0 aromatic heterocycles. The molecule has 19 heavy (non-hydrogen) atoms.